The maximum absolute atomic E-state index is 12.2. The first-order valence-corrected chi connectivity index (χ1v) is 6.90. The standard InChI is InChI=1S/C14H21N5O/c1-5-18-9-7-15-13(18)11(4)16-14(20)12-6-8-19(17-12)10(2)3/h6-11H,5H2,1-4H3,(H,16,20)/t11-/m1/s1. The average Bonchev–Trinajstić information content (AvgIpc) is 3.07. The minimum Gasteiger partial charge on any atom is -0.341 e. The molecule has 6 nitrogen and oxygen atoms in total. The molecule has 0 aromatic carbocycles. The van der Waals surface area contributed by atoms with E-state index in [1.54, 1.807) is 16.9 Å². The SMILES string of the molecule is CCn1ccnc1[C@@H](C)NC(=O)c1ccn(C(C)C)n1. The van der Waals surface area contributed by atoms with Gasteiger partial charge in [-0.3, -0.25) is 9.48 Å². The van der Waals surface area contributed by atoms with Gasteiger partial charge in [0.15, 0.2) is 0 Å². The summed E-state index contributed by atoms with van der Waals surface area (Å²) < 4.78 is 3.78. The van der Waals surface area contributed by atoms with Crippen molar-refractivity contribution in [1.29, 1.82) is 0 Å². The van der Waals surface area contributed by atoms with Crippen molar-refractivity contribution in [2.24, 2.45) is 0 Å². The summed E-state index contributed by atoms with van der Waals surface area (Å²) in [6.45, 7) is 8.85. The molecule has 0 saturated heterocycles. The predicted octanol–water partition coefficient (Wildman–Crippen LogP) is 2.17. The summed E-state index contributed by atoms with van der Waals surface area (Å²) in [5.41, 5.74) is 0.431. The van der Waals surface area contributed by atoms with E-state index < -0.39 is 0 Å². The van der Waals surface area contributed by atoms with Gasteiger partial charge in [0.05, 0.1) is 6.04 Å². The van der Waals surface area contributed by atoms with Crippen LogP contribution < -0.4 is 5.32 Å². The van der Waals surface area contributed by atoms with Crippen molar-refractivity contribution in [2.45, 2.75) is 46.3 Å². The van der Waals surface area contributed by atoms with Crippen LogP contribution in [0.5, 0.6) is 0 Å². The third-order valence-electron chi connectivity index (χ3n) is 3.19. The Morgan fingerprint density at radius 2 is 2.10 bits per heavy atom. The highest BCUT2D eigenvalue weighted by molar-refractivity contribution is 5.92. The Balaban J connectivity index is 2.07. The van der Waals surface area contributed by atoms with Gasteiger partial charge in [-0.25, -0.2) is 4.98 Å². The zero-order chi connectivity index (χ0) is 14.7. The second-order valence-corrected chi connectivity index (χ2v) is 5.04. The summed E-state index contributed by atoms with van der Waals surface area (Å²) in [6.07, 6.45) is 5.47. The number of nitrogens with one attached hydrogen (secondary N) is 1. The largest absolute Gasteiger partial charge is 0.341 e. The van der Waals surface area contributed by atoms with Gasteiger partial charge in [-0.05, 0) is 33.8 Å². The molecule has 6 heteroatoms. The summed E-state index contributed by atoms with van der Waals surface area (Å²) in [7, 11) is 0. The number of amides is 1. The first kappa shape index (κ1) is 14.3. The summed E-state index contributed by atoms with van der Waals surface area (Å²) in [6, 6.07) is 1.82. The molecule has 1 amide bonds. The summed E-state index contributed by atoms with van der Waals surface area (Å²) >= 11 is 0. The number of imidazole rings is 1. The number of hydrogen-bond donors (Lipinski definition) is 1. The number of nitrogens with zero attached hydrogens (tertiary/aromatic N) is 4. The molecule has 0 radical (unpaired) electrons. The molecule has 2 rings (SSSR count). The van der Waals surface area contributed by atoms with E-state index in [1.165, 1.54) is 0 Å². The van der Waals surface area contributed by atoms with E-state index in [1.807, 2.05) is 44.7 Å². The van der Waals surface area contributed by atoms with Gasteiger partial charge in [-0.15, -0.1) is 0 Å². The van der Waals surface area contributed by atoms with Crippen molar-refractivity contribution in [1.82, 2.24) is 24.6 Å². The zero-order valence-corrected chi connectivity index (χ0v) is 12.4. The molecule has 0 fully saturated rings. The van der Waals surface area contributed by atoms with Crippen molar-refractivity contribution < 1.29 is 4.79 Å². The zero-order valence-electron chi connectivity index (χ0n) is 12.4. The van der Waals surface area contributed by atoms with E-state index in [2.05, 4.69) is 15.4 Å². The van der Waals surface area contributed by atoms with Gasteiger partial charge in [0, 0.05) is 31.2 Å². The van der Waals surface area contributed by atoms with Gasteiger partial charge in [0.25, 0.3) is 5.91 Å². The second kappa shape index (κ2) is 5.90. The van der Waals surface area contributed by atoms with Crippen LogP contribution in [0.25, 0.3) is 0 Å². The van der Waals surface area contributed by atoms with Gasteiger partial charge in [-0.1, -0.05) is 0 Å². The second-order valence-electron chi connectivity index (χ2n) is 5.04. The molecule has 2 aromatic rings. The first-order valence-electron chi connectivity index (χ1n) is 6.90. The molecule has 0 unspecified atom stereocenters. The van der Waals surface area contributed by atoms with Gasteiger partial charge in [0.2, 0.25) is 0 Å². The summed E-state index contributed by atoms with van der Waals surface area (Å²) in [5.74, 6) is 0.673. The minimum absolute atomic E-state index is 0.151. The van der Waals surface area contributed by atoms with Crippen molar-refractivity contribution in [2.75, 3.05) is 0 Å². The highest BCUT2D eigenvalue weighted by Gasteiger charge is 2.17. The van der Waals surface area contributed by atoms with Crippen LogP contribution in [0.15, 0.2) is 24.7 Å². The van der Waals surface area contributed by atoms with E-state index in [0.717, 1.165) is 12.4 Å². The van der Waals surface area contributed by atoms with Gasteiger partial charge in [-0.2, -0.15) is 5.10 Å². The molecule has 108 valence electrons. The van der Waals surface area contributed by atoms with Crippen molar-refractivity contribution >= 4 is 5.91 Å². The molecule has 0 aliphatic heterocycles. The Bertz CT molecular complexity index is 584. The normalized spacial score (nSPS) is 12.7. The molecular formula is C14H21N5O. The highest BCUT2D eigenvalue weighted by Crippen LogP contribution is 2.11. The number of carbonyl (C=O) groups is 1. The maximum Gasteiger partial charge on any atom is 0.272 e. The van der Waals surface area contributed by atoms with Crippen LogP contribution in [0.3, 0.4) is 0 Å². The van der Waals surface area contributed by atoms with Crippen LogP contribution in [-0.2, 0) is 6.54 Å². The molecule has 2 aromatic heterocycles. The van der Waals surface area contributed by atoms with Crippen LogP contribution >= 0.6 is 0 Å². The third-order valence-corrected chi connectivity index (χ3v) is 3.19. The van der Waals surface area contributed by atoms with E-state index >= 15 is 0 Å². The molecule has 0 bridgehead atoms. The van der Waals surface area contributed by atoms with E-state index in [9.17, 15) is 4.79 Å². The number of rotatable bonds is 5. The maximum atomic E-state index is 12.2. The molecule has 0 aliphatic carbocycles. The van der Waals surface area contributed by atoms with Gasteiger partial charge < -0.3 is 9.88 Å². The monoisotopic (exact) mass is 275 g/mol. The Hall–Kier alpha value is -2.11. The number of carbonyl (C=O) groups excluding carboxylic acids is 1. The van der Waals surface area contributed by atoms with Crippen LogP contribution in [0.1, 0.15) is 56.1 Å². The molecule has 1 atom stereocenters. The van der Waals surface area contributed by atoms with Crippen LogP contribution in [-0.4, -0.2) is 25.2 Å². The van der Waals surface area contributed by atoms with Crippen LogP contribution in [0, 0.1) is 0 Å². The van der Waals surface area contributed by atoms with E-state index in [0.29, 0.717) is 5.69 Å². The Morgan fingerprint density at radius 1 is 1.35 bits per heavy atom. The molecule has 0 saturated carbocycles. The topological polar surface area (TPSA) is 64.7 Å². The quantitative estimate of drug-likeness (QED) is 0.909. The fraction of sp³-hybridized carbons (Fsp3) is 0.500. The molecule has 20 heavy (non-hydrogen) atoms. The van der Waals surface area contributed by atoms with E-state index in [4.69, 9.17) is 0 Å². The number of hydrogen-bond acceptors (Lipinski definition) is 3. The molecular weight excluding hydrogens is 254 g/mol. The lowest BCUT2D eigenvalue weighted by Crippen LogP contribution is -2.29. The van der Waals surface area contributed by atoms with Crippen molar-refractivity contribution in [3.8, 4) is 0 Å². The van der Waals surface area contributed by atoms with Gasteiger partial charge >= 0.3 is 0 Å². The molecule has 0 aliphatic rings. The lowest BCUT2D eigenvalue weighted by molar-refractivity contribution is 0.0931. The van der Waals surface area contributed by atoms with Crippen LogP contribution in [0.2, 0.25) is 0 Å². The molecule has 0 spiro atoms. The fourth-order valence-electron chi connectivity index (χ4n) is 2.05. The smallest absolute Gasteiger partial charge is 0.272 e. The lowest BCUT2D eigenvalue weighted by Gasteiger charge is -2.14. The average molecular weight is 275 g/mol. The summed E-state index contributed by atoms with van der Waals surface area (Å²) in [5, 5.41) is 7.19. The predicted molar refractivity (Wildman–Crippen MR) is 76.4 cm³/mol. The fourth-order valence-corrected chi connectivity index (χ4v) is 2.05. The lowest BCUT2D eigenvalue weighted by atomic mass is 10.3. The van der Waals surface area contributed by atoms with E-state index in [-0.39, 0.29) is 18.0 Å². The third kappa shape index (κ3) is 2.89. The Morgan fingerprint density at radius 3 is 2.70 bits per heavy atom. The Labute approximate surface area is 118 Å². The minimum atomic E-state index is -0.178. The summed E-state index contributed by atoms with van der Waals surface area (Å²) in [4.78, 5) is 16.5. The highest BCUT2D eigenvalue weighted by atomic mass is 16.2. The number of aryl methyl sites for hydroxylation is 1. The first-order chi connectivity index (χ1) is 9.52. The van der Waals surface area contributed by atoms with Crippen molar-refractivity contribution in [3.63, 3.8) is 0 Å². The molecule has 2 heterocycles. The van der Waals surface area contributed by atoms with Crippen LogP contribution in [0.4, 0.5) is 0 Å². The molecule has 1 N–H and O–H groups in total. The Kier molecular flexibility index (Phi) is 4.22. The van der Waals surface area contributed by atoms with Crippen molar-refractivity contribution in [3.05, 3.63) is 36.2 Å². The number of aromatic nitrogens is 4. The van der Waals surface area contributed by atoms with Gasteiger partial charge in [0.1, 0.15) is 11.5 Å².